The first-order chi connectivity index (χ1) is 12.4. The zero-order valence-corrected chi connectivity index (χ0v) is 16.6. The largest absolute Gasteiger partial charge is 0.335 e. The minimum atomic E-state index is -3.53. The van der Waals surface area contributed by atoms with Gasteiger partial charge in [-0.25, -0.2) is 13.1 Å². The predicted molar refractivity (Wildman–Crippen MR) is 103 cm³/mol. The molecule has 1 saturated heterocycles. The predicted octanol–water partition coefficient (Wildman–Crippen LogP) is 3.56. The molecule has 3 unspecified atom stereocenters. The molecule has 1 aliphatic carbocycles. The van der Waals surface area contributed by atoms with E-state index in [1.807, 2.05) is 18.7 Å². The average molecular weight is 379 g/mol. The van der Waals surface area contributed by atoms with Crippen molar-refractivity contribution in [2.75, 3.05) is 6.54 Å². The van der Waals surface area contributed by atoms with Gasteiger partial charge in [0, 0.05) is 24.2 Å². The van der Waals surface area contributed by atoms with Crippen molar-refractivity contribution in [1.82, 2.24) is 9.62 Å². The van der Waals surface area contributed by atoms with Crippen LogP contribution in [0.25, 0.3) is 0 Å². The number of carbonyl (C=O) groups is 1. The standard InChI is InChI=1S/C20H30N2O3S/c1-3-15(2)21-26(24,25)18-12-10-17(11-13-18)20(23)22-14-6-8-16-7-4-5-9-19(16)22/h10-13,15-16,19,21H,3-9,14H2,1-2H3. The number of carbonyl (C=O) groups excluding carboxylic acids is 1. The minimum absolute atomic E-state index is 0.0421. The number of piperidine rings is 1. The number of rotatable bonds is 5. The Kier molecular flexibility index (Phi) is 6.03. The second-order valence-electron chi connectivity index (χ2n) is 7.71. The van der Waals surface area contributed by atoms with Crippen molar-refractivity contribution in [3.8, 4) is 0 Å². The molecule has 144 valence electrons. The van der Waals surface area contributed by atoms with Gasteiger partial charge in [-0.05, 0) is 69.2 Å². The highest BCUT2D eigenvalue weighted by atomic mass is 32.2. The van der Waals surface area contributed by atoms with Crippen LogP contribution in [0.1, 0.15) is 69.2 Å². The molecule has 1 aromatic carbocycles. The van der Waals surface area contributed by atoms with Crippen molar-refractivity contribution in [3.05, 3.63) is 29.8 Å². The Morgan fingerprint density at radius 1 is 1.15 bits per heavy atom. The molecule has 3 rings (SSSR count). The fourth-order valence-corrected chi connectivity index (χ4v) is 5.56. The quantitative estimate of drug-likeness (QED) is 0.852. The Balaban J connectivity index is 1.74. The summed E-state index contributed by atoms with van der Waals surface area (Å²) in [6.07, 6.45) is 7.83. The summed E-state index contributed by atoms with van der Waals surface area (Å²) in [7, 11) is -3.53. The molecular formula is C20H30N2O3S. The van der Waals surface area contributed by atoms with Crippen LogP contribution in [-0.2, 0) is 10.0 Å². The third-order valence-electron chi connectivity index (χ3n) is 5.88. The van der Waals surface area contributed by atoms with Crippen LogP contribution in [0.5, 0.6) is 0 Å². The van der Waals surface area contributed by atoms with Crippen LogP contribution in [0, 0.1) is 5.92 Å². The van der Waals surface area contributed by atoms with E-state index in [0.29, 0.717) is 17.5 Å². The highest BCUT2D eigenvalue weighted by molar-refractivity contribution is 7.89. The van der Waals surface area contributed by atoms with E-state index in [4.69, 9.17) is 0 Å². The van der Waals surface area contributed by atoms with Gasteiger partial charge in [-0.15, -0.1) is 0 Å². The van der Waals surface area contributed by atoms with Crippen LogP contribution in [0.4, 0.5) is 0 Å². The van der Waals surface area contributed by atoms with Gasteiger partial charge in [-0.2, -0.15) is 0 Å². The summed E-state index contributed by atoms with van der Waals surface area (Å²) in [4.78, 5) is 15.2. The maximum atomic E-state index is 13.0. The maximum Gasteiger partial charge on any atom is 0.254 e. The van der Waals surface area contributed by atoms with Crippen LogP contribution in [0.3, 0.4) is 0 Å². The van der Waals surface area contributed by atoms with E-state index in [0.717, 1.165) is 25.8 Å². The second kappa shape index (κ2) is 8.09. The third-order valence-corrected chi connectivity index (χ3v) is 7.49. The molecule has 1 aromatic rings. The summed E-state index contributed by atoms with van der Waals surface area (Å²) in [6, 6.07) is 6.64. The van der Waals surface area contributed by atoms with E-state index in [1.165, 1.54) is 25.7 Å². The molecular weight excluding hydrogens is 348 g/mol. The van der Waals surface area contributed by atoms with E-state index in [-0.39, 0.29) is 16.8 Å². The minimum Gasteiger partial charge on any atom is -0.335 e. The molecule has 6 heteroatoms. The SMILES string of the molecule is CCC(C)NS(=O)(=O)c1ccc(C(=O)N2CCCC3CCCCC32)cc1. The number of amides is 1. The first kappa shape index (κ1) is 19.4. The van der Waals surface area contributed by atoms with Gasteiger partial charge < -0.3 is 4.90 Å². The highest BCUT2D eigenvalue weighted by Crippen LogP contribution is 2.36. The zero-order valence-electron chi connectivity index (χ0n) is 15.8. The molecule has 1 saturated carbocycles. The average Bonchev–Trinajstić information content (AvgIpc) is 2.66. The molecule has 1 aliphatic heterocycles. The van der Waals surface area contributed by atoms with Crippen LogP contribution in [0.15, 0.2) is 29.2 Å². The topological polar surface area (TPSA) is 66.5 Å². The summed E-state index contributed by atoms with van der Waals surface area (Å²) in [6.45, 7) is 4.59. The number of likely N-dealkylation sites (tertiary alicyclic amines) is 1. The van der Waals surface area contributed by atoms with E-state index >= 15 is 0 Å². The lowest BCUT2D eigenvalue weighted by Gasteiger charge is -2.44. The Bertz CT molecular complexity index is 728. The molecule has 2 fully saturated rings. The summed E-state index contributed by atoms with van der Waals surface area (Å²) in [5.41, 5.74) is 0.582. The summed E-state index contributed by atoms with van der Waals surface area (Å²) >= 11 is 0. The first-order valence-electron chi connectivity index (χ1n) is 9.85. The number of hydrogen-bond donors (Lipinski definition) is 1. The van der Waals surface area contributed by atoms with Gasteiger partial charge >= 0.3 is 0 Å². The molecule has 0 radical (unpaired) electrons. The Morgan fingerprint density at radius 2 is 1.81 bits per heavy atom. The molecule has 1 N–H and O–H groups in total. The number of sulfonamides is 1. The number of hydrogen-bond acceptors (Lipinski definition) is 3. The molecule has 0 spiro atoms. The van der Waals surface area contributed by atoms with Gasteiger partial charge in [0.2, 0.25) is 10.0 Å². The number of nitrogens with one attached hydrogen (secondary N) is 1. The summed E-state index contributed by atoms with van der Waals surface area (Å²) < 4.78 is 27.4. The van der Waals surface area contributed by atoms with Crippen molar-refractivity contribution in [1.29, 1.82) is 0 Å². The molecule has 3 atom stereocenters. The van der Waals surface area contributed by atoms with Crippen molar-refractivity contribution in [2.24, 2.45) is 5.92 Å². The van der Waals surface area contributed by atoms with Gasteiger partial charge in [0.1, 0.15) is 0 Å². The van der Waals surface area contributed by atoms with Gasteiger partial charge in [0.15, 0.2) is 0 Å². The lowest BCUT2D eigenvalue weighted by Crippen LogP contribution is -2.49. The molecule has 2 aliphatic rings. The third kappa shape index (κ3) is 4.12. The number of benzene rings is 1. The van der Waals surface area contributed by atoms with E-state index < -0.39 is 10.0 Å². The number of fused-ring (bicyclic) bond motifs is 1. The van der Waals surface area contributed by atoms with Crippen LogP contribution >= 0.6 is 0 Å². The second-order valence-corrected chi connectivity index (χ2v) is 9.42. The Labute approximate surface area is 157 Å². The fourth-order valence-electron chi connectivity index (χ4n) is 4.24. The van der Waals surface area contributed by atoms with E-state index in [1.54, 1.807) is 24.3 Å². The van der Waals surface area contributed by atoms with Gasteiger partial charge in [0.05, 0.1) is 4.90 Å². The highest BCUT2D eigenvalue weighted by Gasteiger charge is 2.36. The monoisotopic (exact) mass is 378 g/mol. The number of nitrogens with zero attached hydrogens (tertiary/aromatic N) is 1. The Morgan fingerprint density at radius 3 is 2.50 bits per heavy atom. The molecule has 5 nitrogen and oxygen atoms in total. The lowest BCUT2D eigenvalue weighted by molar-refractivity contribution is 0.0390. The van der Waals surface area contributed by atoms with Crippen molar-refractivity contribution < 1.29 is 13.2 Å². The van der Waals surface area contributed by atoms with Crippen molar-refractivity contribution in [3.63, 3.8) is 0 Å². The van der Waals surface area contributed by atoms with E-state index in [9.17, 15) is 13.2 Å². The normalized spacial score (nSPS) is 24.8. The Hall–Kier alpha value is -1.40. The van der Waals surface area contributed by atoms with Gasteiger partial charge in [-0.1, -0.05) is 19.8 Å². The zero-order chi connectivity index (χ0) is 18.7. The fraction of sp³-hybridized carbons (Fsp3) is 0.650. The lowest BCUT2D eigenvalue weighted by atomic mass is 9.78. The summed E-state index contributed by atoms with van der Waals surface area (Å²) in [5, 5.41) is 0. The van der Waals surface area contributed by atoms with Gasteiger partial charge in [-0.3, -0.25) is 4.79 Å². The van der Waals surface area contributed by atoms with Crippen molar-refractivity contribution >= 4 is 15.9 Å². The maximum absolute atomic E-state index is 13.0. The smallest absolute Gasteiger partial charge is 0.254 e. The first-order valence-corrected chi connectivity index (χ1v) is 11.3. The van der Waals surface area contributed by atoms with Crippen LogP contribution < -0.4 is 4.72 Å². The van der Waals surface area contributed by atoms with Crippen LogP contribution in [-0.4, -0.2) is 37.9 Å². The molecule has 1 heterocycles. The van der Waals surface area contributed by atoms with Crippen molar-refractivity contribution in [2.45, 2.75) is 75.8 Å². The van der Waals surface area contributed by atoms with E-state index in [2.05, 4.69) is 4.72 Å². The van der Waals surface area contributed by atoms with Crippen LogP contribution in [0.2, 0.25) is 0 Å². The molecule has 26 heavy (non-hydrogen) atoms. The van der Waals surface area contributed by atoms with Gasteiger partial charge in [0.25, 0.3) is 5.91 Å². The molecule has 0 bridgehead atoms. The summed E-state index contributed by atoms with van der Waals surface area (Å²) in [5.74, 6) is 0.682. The molecule has 1 amide bonds. The molecule has 0 aromatic heterocycles.